The smallest absolute Gasteiger partial charge is 0.110 e. The van der Waals surface area contributed by atoms with Crippen molar-refractivity contribution in [3.8, 4) is 0 Å². The molecule has 3 rings (SSSR count). The zero-order valence-electron chi connectivity index (χ0n) is 11.1. The summed E-state index contributed by atoms with van der Waals surface area (Å²) >= 11 is 0. The Morgan fingerprint density at radius 3 is 2.84 bits per heavy atom. The van der Waals surface area contributed by atoms with Crippen LogP contribution in [-0.2, 0) is 26.6 Å². The van der Waals surface area contributed by atoms with E-state index in [-0.39, 0.29) is 0 Å². The Morgan fingerprint density at radius 1 is 1.21 bits per heavy atom. The number of nitrogens with two attached hydrogens (primary N) is 1. The molecule has 0 unspecified atom stereocenters. The predicted molar refractivity (Wildman–Crippen MR) is 76.7 cm³/mol. The van der Waals surface area contributed by atoms with Gasteiger partial charge in [-0.3, -0.25) is 0 Å². The van der Waals surface area contributed by atoms with Gasteiger partial charge in [0.25, 0.3) is 0 Å². The van der Waals surface area contributed by atoms with Crippen LogP contribution in [0.4, 0.5) is 0 Å². The fraction of sp³-hybridized carbons (Fsp3) is 0.267. The Bertz CT molecular complexity index is 693. The Labute approximate surface area is 112 Å². The third-order valence-corrected chi connectivity index (χ3v) is 3.59. The molecule has 0 amide bonds. The van der Waals surface area contributed by atoms with E-state index in [9.17, 15) is 0 Å². The molecule has 0 saturated carbocycles. The number of hydrogen-bond acceptors (Lipinski definition) is 2. The second-order valence-corrected chi connectivity index (χ2v) is 4.77. The number of aryl methyl sites for hydroxylation is 3. The molecule has 0 saturated heterocycles. The van der Waals surface area contributed by atoms with Gasteiger partial charge in [-0.15, -0.1) is 0 Å². The first-order chi connectivity index (χ1) is 9.29. The molecule has 0 aliphatic rings. The minimum Gasteiger partial charge on any atom is -0.347 e. The number of para-hydroxylation sites is 1. The first-order valence-electron chi connectivity index (χ1n) is 6.52. The molecule has 0 aliphatic carbocycles. The third-order valence-electron chi connectivity index (χ3n) is 3.59. The van der Waals surface area contributed by atoms with Crippen LogP contribution in [0.1, 0.15) is 11.4 Å². The maximum atomic E-state index is 5.83. The average Bonchev–Trinajstić information content (AvgIpc) is 3.02. The minimum absolute atomic E-state index is 0.573. The van der Waals surface area contributed by atoms with Crippen LogP contribution >= 0.6 is 0 Å². The molecule has 0 spiro atoms. The lowest BCUT2D eigenvalue weighted by Gasteiger charge is -2.09. The summed E-state index contributed by atoms with van der Waals surface area (Å²) in [4.78, 5) is 4.36. The molecular weight excluding hydrogens is 236 g/mol. The van der Waals surface area contributed by atoms with E-state index in [1.54, 1.807) is 0 Å². The summed E-state index contributed by atoms with van der Waals surface area (Å²) in [5.74, 6) is 1.10. The number of hydrogen-bond donors (Lipinski definition) is 1. The van der Waals surface area contributed by atoms with Crippen LogP contribution in [0.25, 0.3) is 10.9 Å². The number of nitrogens with zero attached hydrogens (tertiary/aromatic N) is 3. The SMILES string of the molecule is Cn1ccnc1CCn1ccc2cccc(CN)c21. The Kier molecular flexibility index (Phi) is 3.09. The fourth-order valence-corrected chi connectivity index (χ4v) is 2.55. The van der Waals surface area contributed by atoms with Crippen molar-refractivity contribution >= 4 is 10.9 Å². The van der Waals surface area contributed by atoms with Gasteiger partial charge in [0.05, 0.1) is 5.52 Å². The maximum absolute atomic E-state index is 5.83. The molecule has 0 atom stereocenters. The highest BCUT2D eigenvalue weighted by atomic mass is 15.0. The van der Waals surface area contributed by atoms with Gasteiger partial charge in [0.2, 0.25) is 0 Å². The van der Waals surface area contributed by atoms with E-state index in [1.807, 2.05) is 19.4 Å². The van der Waals surface area contributed by atoms with Crippen molar-refractivity contribution in [1.29, 1.82) is 0 Å². The van der Waals surface area contributed by atoms with Crippen molar-refractivity contribution in [3.05, 3.63) is 54.2 Å². The van der Waals surface area contributed by atoms with Gasteiger partial charge in [-0.1, -0.05) is 18.2 Å². The van der Waals surface area contributed by atoms with Gasteiger partial charge in [0.15, 0.2) is 0 Å². The van der Waals surface area contributed by atoms with Crippen molar-refractivity contribution in [2.75, 3.05) is 0 Å². The summed E-state index contributed by atoms with van der Waals surface area (Å²) in [5, 5.41) is 1.25. The molecule has 0 radical (unpaired) electrons. The Hall–Kier alpha value is -2.07. The number of imidazole rings is 1. The molecule has 0 aliphatic heterocycles. The normalized spacial score (nSPS) is 11.3. The lowest BCUT2D eigenvalue weighted by atomic mass is 10.1. The van der Waals surface area contributed by atoms with Gasteiger partial charge in [0, 0.05) is 45.1 Å². The van der Waals surface area contributed by atoms with Crippen LogP contribution < -0.4 is 5.73 Å². The largest absolute Gasteiger partial charge is 0.347 e. The van der Waals surface area contributed by atoms with E-state index in [0.717, 1.165) is 18.8 Å². The molecule has 0 fully saturated rings. The fourth-order valence-electron chi connectivity index (χ4n) is 2.55. The minimum atomic E-state index is 0.573. The molecule has 4 nitrogen and oxygen atoms in total. The predicted octanol–water partition coefficient (Wildman–Crippen LogP) is 2.08. The molecule has 0 bridgehead atoms. The van der Waals surface area contributed by atoms with Crippen LogP contribution in [0.3, 0.4) is 0 Å². The topological polar surface area (TPSA) is 48.8 Å². The van der Waals surface area contributed by atoms with Gasteiger partial charge in [-0.2, -0.15) is 0 Å². The number of aromatic nitrogens is 3. The highest BCUT2D eigenvalue weighted by Crippen LogP contribution is 2.20. The van der Waals surface area contributed by atoms with E-state index in [4.69, 9.17) is 5.73 Å². The van der Waals surface area contributed by atoms with Crippen molar-refractivity contribution < 1.29 is 0 Å². The summed E-state index contributed by atoms with van der Waals surface area (Å²) in [6.07, 6.45) is 6.88. The van der Waals surface area contributed by atoms with Crippen LogP contribution in [-0.4, -0.2) is 14.1 Å². The summed E-state index contributed by atoms with van der Waals surface area (Å²) in [5.41, 5.74) is 8.27. The van der Waals surface area contributed by atoms with Crippen molar-refractivity contribution in [2.45, 2.75) is 19.5 Å². The van der Waals surface area contributed by atoms with E-state index < -0.39 is 0 Å². The molecule has 2 aromatic heterocycles. The first-order valence-corrected chi connectivity index (χ1v) is 6.52. The number of rotatable bonds is 4. The van der Waals surface area contributed by atoms with Gasteiger partial charge < -0.3 is 14.9 Å². The summed E-state index contributed by atoms with van der Waals surface area (Å²) < 4.78 is 4.34. The molecule has 19 heavy (non-hydrogen) atoms. The van der Waals surface area contributed by atoms with Gasteiger partial charge in [0.1, 0.15) is 5.82 Å². The molecular formula is C15H18N4. The standard InChI is InChI=1S/C15H18N4/c1-18-10-7-17-14(18)6-9-19-8-5-12-3-2-4-13(11-16)15(12)19/h2-5,7-8,10H,6,9,11,16H2,1H3. The maximum Gasteiger partial charge on any atom is 0.110 e. The van der Waals surface area contributed by atoms with Crippen molar-refractivity contribution in [3.63, 3.8) is 0 Å². The van der Waals surface area contributed by atoms with E-state index in [2.05, 4.69) is 44.6 Å². The summed E-state index contributed by atoms with van der Waals surface area (Å²) in [7, 11) is 2.03. The first kappa shape index (κ1) is 12.0. The second kappa shape index (κ2) is 4.90. The molecule has 98 valence electrons. The summed E-state index contributed by atoms with van der Waals surface area (Å²) in [6.45, 7) is 1.50. The lowest BCUT2D eigenvalue weighted by molar-refractivity contribution is 0.666. The Morgan fingerprint density at radius 2 is 2.11 bits per heavy atom. The highest BCUT2D eigenvalue weighted by molar-refractivity contribution is 5.83. The zero-order valence-corrected chi connectivity index (χ0v) is 11.1. The van der Waals surface area contributed by atoms with Crippen LogP contribution in [0, 0.1) is 0 Å². The van der Waals surface area contributed by atoms with E-state index in [1.165, 1.54) is 16.5 Å². The number of benzene rings is 1. The van der Waals surface area contributed by atoms with E-state index >= 15 is 0 Å². The monoisotopic (exact) mass is 254 g/mol. The second-order valence-electron chi connectivity index (χ2n) is 4.77. The molecule has 1 aromatic carbocycles. The molecule has 2 heterocycles. The van der Waals surface area contributed by atoms with E-state index in [0.29, 0.717) is 6.54 Å². The van der Waals surface area contributed by atoms with Crippen LogP contribution in [0.15, 0.2) is 42.9 Å². The third kappa shape index (κ3) is 2.15. The molecule has 3 aromatic rings. The van der Waals surface area contributed by atoms with Gasteiger partial charge in [-0.25, -0.2) is 4.98 Å². The summed E-state index contributed by atoms with van der Waals surface area (Å²) in [6, 6.07) is 8.44. The average molecular weight is 254 g/mol. The van der Waals surface area contributed by atoms with Crippen molar-refractivity contribution in [1.82, 2.24) is 14.1 Å². The number of fused-ring (bicyclic) bond motifs is 1. The zero-order chi connectivity index (χ0) is 13.2. The van der Waals surface area contributed by atoms with Gasteiger partial charge in [-0.05, 0) is 17.0 Å². The Balaban J connectivity index is 1.91. The quantitative estimate of drug-likeness (QED) is 0.775. The van der Waals surface area contributed by atoms with Crippen LogP contribution in [0.2, 0.25) is 0 Å². The van der Waals surface area contributed by atoms with Crippen molar-refractivity contribution in [2.24, 2.45) is 12.8 Å². The van der Waals surface area contributed by atoms with Crippen LogP contribution in [0.5, 0.6) is 0 Å². The lowest BCUT2D eigenvalue weighted by Crippen LogP contribution is -2.07. The molecule has 4 heteroatoms. The highest BCUT2D eigenvalue weighted by Gasteiger charge is 2.06. The van der Waals surface area contributed by atoms with Gasteiger partial charge >= 0.3 is 0 Å². The molecule has 2 N–H and O–H groups in total.